The van der Waals surface area contributed by atoms with Gasteiger partial charge >= 0.3 is 42.8 Å². The fraction of sp³-hybridized carbons (Fsp3) is 0.310. The van der Waals surface area contributed by atoms with Crippen molar-refractivity contribution in [3.8, 4) is 11.5 Å². The molecule has 12 nitrogen and oxygen atoms in total. The summed E-state index contributed by atoms with van der Waals surface area (Å²) in [4.78, 5) is 49.4. The van der Waals surface area contributed by atoms with Crippen LogP contribution in [0.1, 0.15) is 72.3 Å². The molecule has 3 radical (unpaired) electrons. The molecule has 307 valence electrons. The Morgan fingerprint density at radius 2 is 1.05 bits per heavy atom. The second kappa shape index (κ2) is 18.2. The average molecular weight is 836 g/mol. The van der Waals surface area contributed by atoms with Gasteiger partial charge in [-0.1, -0.05) is 72.8 Å². The maximum atomic E-state index is 13.3. The summed E-state index contributed by atoms with van der Waals surface area (Å²) in [6, 6.07) is 26.6. The van der Waals surface area contributed by atoms with Crippen LogP contribution in [-0.4, -0.2) is 86.3 Å². The second-order valence-corrected chi connectivity index (χ2v) is 14.6. The molecule has 60 heavy (non-hydrogen) atoms. The van der Waals surface area contributed by atoms with Crippen molar-refractivity contribution in [1.82, 2.24) is 9.80 Å². The van der Waals surface area contributed by atoms with E-state index in [-0.39, 0.29) is 98.4 Å². The summed E-state index contributed by atoms with van der Waals surface area (Å²) in [6.07, 6.45) is 2.02. The molecule has 4 aromatic rings. The summed E-state index contributed by atoms with van der Waals surface area (Å²) in [5, 5.41) is 9.62. The van der Waals surface area contributed by atoms with Gasteiger partial charge in [0, 0.05) is 35.4 Å². The van der Waals surface area contributed by atoms with Gasteiger partial charge < -0.3 is 27.5 Å². The van der Waals surface area contributed by atoms with Crippen LogP contribution in [0.5, 0.6) is 11.5 Å². The number of hydrogen-bond donors (Lipinski definition) is 3. The van der Waals surface area contributed by atoms with Crippen molar-refractivity contribution in [3.63, 3.8) is 0 Å². The van der Waals surface area contributed by atoms with Crippen molar-refractivity contribution in [2.24, 2.45) is 21.5 Å². The Kier molecular flexibility index (Phi) is 13.9. The van der Waals surface area contributed by atoms with E-state index in [1.807, 2.05) is 36.4 Å². The predicted octanol–water partition coefficient (Wildman–Crippen LogP) is 2.06. The van der Waals surface area contributed by atoms with E-state index in [0.29, 0.717) is 47.9 Å². The molecule has 2 aliphatic heterocycles. The topological polar surface area (TPSA) is 173 Å². The zero-order valence-corrected chi connectivity index (χ0v) is 35.0. The van der Waals surface area contributed by atoms with Gasteiger partial charge in [0.2, 0.25) is 0 Å². The van der Waals surface area contributed by atoms with E-state index >= 15 is 0 Å². The summed E-state index contributed by atoms with van der Waals surface area (Å²) >= 11 is 0. The van der Waals surface area contributed by atoms with Gasteiger partial charge in [0.05, 0.1) is 6.10 Å². The molecule has 2 amide bonds. The molecule has 2 atom stereocenters. The van der Waals surface area contributed by atoms with Crippen LogP contribution in [0.3, 0.4) is 0 Å². The van der Waals surface area contributed by atoms with Crippen LogP contribution in [0, 0.1) is 0 Å². The first-order chi connectivity index (χ1) is 27.6. The number of nitrogens with two attached hydrogens (primary N) is 2. The van der Waals surface area contributed by atoms with Crippen molar-refractivity contribution in [2.75, 3.05) is 14.1 Å². The van der Waals surface area contributed by atoms with Crippen LogP contribution in [0.4, 0.5) is 17.6 Å². The summed E-state index contributed by atoms with van der Waals surface area (Å²) in [5.41, 5.74) is 13.3. The molecule has 0 spiro atoms. The van der Waals surface area contributed by atoms with Gasteiger partial charge in [-0.3, -0.25) is 24.2 Å². The molecule has 8 rings (SSSR count). The molecule has 0 aromatic heterocycles. The maximum absolute atomic E-state index is 13.3. The Morgan fingerprint density at radius 3 is 1.37 bits per heavy atom. The zero-order valence-electron chi connectivity index (χ0n) is 34.0. The standard InChI is InChI=1S/C21H21F2N3O3.C21H19F2N3O3.B.Na.H/c2*1-26-18(28)21(25-20(26)24,14-5-7-17(8-6-14)29-19(22)23)15-4-2-3-12(9-15)13-10-16(27)11-13;;;/h2-9,13,16,19,27H,10-11H2,1H3,(H2,24,25);2-9,13,19H,10-11H2,1H3,(H2,24,25);;;/q;;;+1;-1. The Morgan fingerprint density at radius 1 is 0.667 bits per heavy atom. The fourth-order valence-electron chi connectivity index (χ4n) is 7.74. The first-order valence-corrected chi connectivity index (χ1v) is 18.4. The Hall–Kier alpha value is -5.23. The first kappa shape index (κ1) is 45.9. The fourth-order valence-corrected chi connectivity index (χ4v) is 7.74. The third-order valence-corrected chi connectivity index (χ3v) is 11.1. The molecule has 5 N–H and O–H groups in total. The minimum atomic E-state index is -2.94. The normalized spacial score (nSPS) is 23.4. The summed E-state index contributed by atoms with van der Waals surface area (Å²) < 4.78 is 58.7. The van der Waals surface area contributed by atoms with E-state index in [0.717, 1.165) is 11.1 Å². The smallest absolute Gasteiger partial charge is 1.00 e. The van der Waals surface area contributed by atoms with Gasteiger partial charge in [-0.15, -0.1) is 0 Å². The number of benzene rings is 4. The van der Waals surface area contributed by atoms with Crippen LogP contribution < -0.4 is 50.5 Å². The number of guanidine groups is 2. The number of carbonyl (C=O) groups is 3. The number of aliphatic imine (C=N–C) groups is 2. The molecular weight excluding hydrogens is 794 g/mol. The molecule has 2 fully saturated rings. The van der Waals surface area contributed by atoms with Crippen molar-refractivity contribution in [3.05, 3.63) is 130 Å². The Balaban J connectivity index is 0.000000256. The molecule has 2 saturated carbocycles. The molecule has 18 heteroatoms. The number of halogens is 4. The molecular formula is C42H41BF4N6NaO6. The number of ketones is 1. The number of nitrogens with zero attached hydrogens (tertiary/aromatic N) is 4. The van der Waals surface area contributed by atoms with Gasteiger partial charge in [0.25, 0.3) is 11.8 Å². The van der Waals surface area contributed by atoms with Crippen LogP contribution in [0.25, 0.3) is 0 Å². The third-order valence-electron chi connectivity index (χ3n) is 11.1. The van der Waals surface area contributed by atoms with Gasteiger partial charge in [-0.2, -0.15) is 17.6 Å². The van der Waals surface area contributed by atoms with Gasteiger partial charge in [0.1, 0.15) is 17.3 Å². The quantitative estimate of drug-likeness (QED) is 0.161. The molecule has 2 unspecified atom stereocenters. The molecule has 4 aromatic carbocycles. The van der Waals surface area contributed by atoms with Crippen molar-refractivity contribution in [2.45, 2.75) is 67.9 Å². The van der Waals surface area contributed by atoms with Crippen LogP contribution in [0.15, 0.2) is 107 Å². The minimum absolute atomic E-state index is 0. The SMILES string of the molecule is CN1C(=O)C(c2ccc(OC(F)F)cc2)(c2cccc(C3CC(=O)C3)c2)N=C1N.CN1C(=O)C(c2ccc(OC(F)F)cc2)(c2cccc(C3CC(O)C3)c2)N=C1N.[B].[H-].[Na+]. The first-order valence-electron chi connectivity index (χ1n) is 18.4. The number of carbonyl (C=O) groups excluding carboxylic acids is 3. The van der Waals surface area contributed by atoms with Crippen molar-refractivity contribution < 1.29 is 77.5 Å². The van der Waals surface area contributed by atoms with Crippen molar-refractivity contribution in [1.29, 1.82) is 0 Å². The van der Waals surface area contributed by atoms with Crippen LogP contribution in [-0.2, 0) is 25.5 Å². The predicted molar refractivity (Wildman–Crippen MR) is 211 cm³/mol. The number of aliphatic hydroxyl groups is 1. The number of Topliss-reactive ketones (excluding diaryl/α,β-unsaturated/α-hetero) is 1. The second-order valence-electron chi connectivity index (χ2n) is 14.6. The number of likely N-dealkylation sites (N-methyl/N-ethyl adjacent to an activating group) is 2. The number of amides is 2. The van der Waals surface area contributed by atoms with E-state index in [4.69, 9.17) is 11.5 Å². The summed E-state index contributed by atoms with van der Waals surface area (Å²) in [6.45, 7) is -5.87. The van der Waals surface area contributed by atoms with E-state index in [2.05, 4.69) is 19.5 Å². The Labute approximate surface area is 369 Å². The van der Waals surface area contributed by atoms with E-state index in [9.17, 15) is 37.1 Å². The molecule has 2 aliphatic carbocycles. The zero-order chi connectivity index (χ0) is 41.5. The summed E-state index contributed by atoms with van der Waals surface area (Å²) in [7, 11) is 3.08. The minimum Gasteiger partial charge on any atom is -1.00 e. The summed E-state index contributed by atoms with van der Waals surface area (Å²) in [5.74, 6) is -0.00892. The van der Waals surface area contributed by atoms with Crippen LogP contribution in [0.2, 0.25) is 0 Å². The number of alkyl halides is 4. The maximum Gasteiger partial charge on any atom is 1.00 e. The number of ether oxygens (including phenoxy) is 2. The molecule has 0 bridgehead atoms. The van der Waals surface area contributed by atoms with Gasteiger partial charge in [-0.25, -0.2) is 9.98 Å². The van der Waals surface area contributed by atoms with E-state index < -0.39 is 24.3 Å². The van der Waals surface area contributed by atoms with Gasteiger partial charge in [-0.05, 0) is 82.3 Å². The largest absolute Gasteiger partial charge is 1.00 e. The number of rotatable bonds is 10. The Bertz CT molecular complexity index is 2300. The van der Waals surface area contributed by atoms with E-state index in [1.54, 1.807) is 31.3 Å². The third kappa shape index (κ3) is 8.53. The van der Waals surface area contributed by atoms with Crippen molar-refractivity contribution >= 4 is 37.9 Å². The van der Waals surface area contributed by atoms with Crippen LogP contribution >= 0.6 is 0 Å². The number of hydrogen-bond acceptors (Lipinski definition) is 10. The van der Waals surface area contributed by atoms with E-state index in [1.165, 1.54) is 53.2 Å². The monoisotopic (exact) mass is 835 g/mol. The molecule has 4 aliphatic rings. The number of aliphatic hydroxyl groups excluding tert-OH is 1. The molecule has 0 saturated heterocycles. The average Bonchev–Trinajstić information content (AvgIpc) is 3.55. The van der Waals surface area contributed by atoms with Gasteiger partial charge in [0.15, 0.2) is 23.0 Å². The molecule has 2 heterocycles.